The number of carbonyl (C=O) groups is 1. The van der Waals surface area contributed by atoms with Crippen molar-refractivity contribution in [1.82, 2.24) is 0 Å². The van der Waals surface area contributed by atoms with Crippen LogP contribution in [0.25, 0.3) is 0 Å². The normalized spacial score (nSPS) is 44.1. The highest BCUT2D eigenvalue weighted by atomic mass is 16.5. The van der Waals surface area contributed by atoms with Gasteiger partial charge in [0.1, 0.15) is 0 Å². The van der Waals surface area contributed by atoms with Crippen molar-refractivity contribution >= 4 is 5.97 Å². The fourth-order valence-corrected chi connectivity index (χ4v) is 4.05. The molecule has 0 N–H and O–H groups in total. The van der Waals surface area contributed by atoms with Gasteiger partial charge < -0.3 is 4.74 Å². The van der Waals surface area contributed by atoms with Gasteiger partial charge in [0.05, 0.1) is 12.5 Å². The van der Waals surface area contributed by atoms with Crippen LogP contribution in [0.2, 0.25) is 0 Å². The lowest BCUT2D eigenvalue weighted by atomic mass is 9.52. The highest BCUT2D eigenvalue weighted by molar-refractivity contribution is 5.77. The number of hydrogen-bond acceptors (Lipinski definition) is 2. The molecule has 0 unspecified atom stereocenters. The van der Waals surface area contributed by atoms with E-state index in [1.54, 1.807) is 0 Å². The molecule has 4 aliphatic rings. The molecule has 0 saturated heterocycles. The number of esters is 1. The second-order valence-electron chi connectivity index (χ2n) is 5.91. The molecule has 0 amide bonds. The van der Waals surface area contributed by atoms with Crippen molar-refractivity contribution in [3.8, 4) is 0 Å². The monoisotopic (exact) mass is 208 g/mol. The Morgan fingerprint density at radius 2 is 1.60 bits per heavy atom. The zero-order chi connectivity index (χ0) is 10.5. The second-order valence-corrected chi connectivity index (χ2v) is 5.91. The van der Waals surface area contributed by atoms with Gasteiger partial charge in [-0.05, 0) is 62.7 Å². The maximum Gasteiger partial charge on any atom is 0.311 e. The van der Waals surface area contributed by atoms with Gasteiger partial charge in [0.15, 0.2) is 0 Å². The summed E-state index contributed by atoms with van der Waals surface area (Å²) < 4.78 is 4.98. The Morgan fingerprint density at radius 3 is 2.00 bits per heavy atom. The standard InChI is InChI=1S/C13H20O2/c1-15-11(14)13-7-4-12(5-8-13,6-9-13)10-2-3-10/h10H,2-9H2,1H3. The highest BCUT2D eigenvalue weighted by Gasteiger charge is 2.57. The molecule has 0 heterocycles. The molecular weight excluding hydrogens is 188 g/mol. The van der Waals surface area contributed by atoms with Crippen molar-refractivity contribution in [1.29, 1.82) is 0 Å². The molecule has 0 spiro atoms. The van der Waals surface area contributed by atoms with Crippen molar-refractivity contribution in [2.24, 2.45) is 16.7 Å². The Morgan fingerprint density at radius 1 is 1.07 bits per heavy atom. The van der Waals surface area contributed by atoms with Gasteiger partial charge in [0, 0.05) is 0 Å². The van der Waals surface area contributed by atoms with Gasteiger partial charge in [0.2, 0.25) is 0 Å². The van der Waals surface area contributed by atoms with Crippen molar-refractivity contribution in [3.05, 3.63) is 0 Å². The van der Waals surface area contributed by atoms with Crippen molar-refractivity contribution in [3.63, 3.8) is 0 Å². The number of hydrogen-bond donors (Lipinski definition) is 0. The number of carbonyl (C=O) groups excluding carboxylic acids is 1. The van der Waals surface area contributed by atoms with Gasteiger partial charge in [-0.15, -0.1) is 0 Å². The second kappa shape index (κ2) is 2.99. The van der Waals surface area contributed by atoms with Crippen LogP contribution >= 0.6 is 0 Å². The van der Waals surface area contributed by atoms with E-state index in [1.807, 2.05) is 0 Å². The minimum atomic E-state index is -0.0780. The number of fused-ring (bicyclic) bond motifs is 3. The van der Waals surface area contributed by atoms with Crippen LogP contribution in [0, 0.1) is 16.7 Å². The molecule has 0 aromatic rings. The quantitative estimate of drug-likeness (QED) is 0.652. The van der Waals surface area contributed by atoms with E-state index in [4.69, 9.17) is 4.74 Å². The predicted molar refractivity (Wildman–Crippen MR) is 57.3 cm³/mol. The summed E-state index contributed by atoms with van der Waals surface area (Å²) in [7, 11) is 1.54. The van der Waals surface area contributed by atoms with Crippen molar-refractivity contribution in [2.75, 3.05) is 7.11 Å². The lowest BCUT2D eigenvalue weighted by molar-refractivity contribution is -0.163. The minimum Gasteiger partial charge on any atom is -0.469 e. The fraction of sp³-hybridized carbons (Fsp3) is 0.923. The van der Waals surface area contributed by atoms with Crippen LogP contribution in [-0.2, 0) is 9.53 Å². The largest absolute Gasteiger partial charge is 0.469 e. The Hall–Kier alpha value is -0.530. The van der Waals surface area contributed by atoms with Crippen LogP contribution in [0.4, 0.5) is 0 Å². The summed E-state index contributed by atoms with van der Waals surface area (Å²) in [6.45, 7) is 0. The summed E-state index contributed by atoms with van der Waals surface area (Å²) in [6.07, 6.45) is 10.0. The summed E-state index contributed by atoms with van der Waals surface area (Å²) in [5.41, 5.74) is 0.571. The van der Waals surface area contributed by atoms with Crippen molar-refractivity contribution in [2.45, 2.75) is 51.4 Å². The smallest absolute Gasteiger partial charge is 0.311 e. The zero-order valence-corrected chi connectivity index (χ0v) is 9.55. The molecule has 15 heavy (non-hydrogen) atoms. The van der Waals surface area contributed by atoms with Gasteiger partial charge in [-0.3, -0.25) is 4.79 Å². The first-order chi connectivity index (χ1) is 7.21. The van der Waals surface area contributed by atoms with Gasteiger partial charge in [-0.25, -0.2) is 0 Å². The first-order valence-electron chi connectivity index (χ1n) is 6.29. The molecule has 2 nitrogen and oxygen atoms in total. The maximum absolute atomic E-state index is 11.8. The molecule has 0 aliphatic heterocycles. The molecule has 4 aliphatic carbocycles. The molecule has 4 saturated carbocycles. The summed E-state index contributed by atoms with van der Waals surface area (Å²) >= 11 is 0. The molecule has 0 radical (unpaired) electrons. The van der Waals surface area contributed by atoms with Crippen molar-refractivity contribution < 1.29 is 9.53 Å². The van der Waals surface area contributed by atoms with E-state index in [9.17, 15) is 4.79 Å². The highest BCUT2D eigenvalue weighted by Crippen LogP contribution is 2.65. The zero-order valence-electron chi connectivity index (χ0n) is 9.55. The average Bonchev–Trinajstić information content (AvgIpc) is 3.14. The van der Waals surface area contributed by atoms with E-state index >= 15 is 0 Å². The van der Waals surface area contributed by atoms with E-state index < -0.39 is 0 Å². The van der Waals surface area contributed by atoms with E-state index in [1.165, 1.54) is 39.2 Å². The third kappa shape index (κ3) is 1.26. The number of methoxy groups -OCH3 is 1. The first-order valence-corrected chi connectivity index (χ1v) is 6.29. The van der Waals surface area contributed by atoms with Crippen LogP contribution in [0.15, 0.2) is 0 Å². The Kier molecular flexibility index (Phi) is 1.93. The molecule has 84 valence electrons. The Bertz CT molecular complexity index is 266. The van der Waals surface area contributed by atoms with Gasteiger partial charge in [-0.1, -0.05) is 0 Å². The van der Waals surface area contributed by atoms with Gasteiger partial charge in [0.25, 0.3) is 0 Å². The van der Waals surface area contributed by atoms with E-state index in [-0.39, 0.29) is 11.4 Å². The van der Waals surface area contributed by atoms with Gasteiger partial charge in [-0.2, -0.15) is 0 Å². The Labute approximate surface area is 91.4 Å². The van der Waals surface area contributed by atoms with Crippen LogP contribution in [0.5, 0.6) is 0 Å². The number of ether oxygens (including phenoxy) is 1. The maximum atomic E-state index is 11.8. The molecule has 2 bridgehead atoms. The van der Waals surface area contributed by atoms with E-state index in [0.29, 0.717) is 5.41 Å². The summed E-state index contributed by atoms with van der Waals surface area (Å²) in [5.74, 6) is 1.07. The van der Waals surface area contributed by atoms with E-state index in [0.717, 1.165) is 25.2 Å². The van der Waals surface area contributed by atoms with Crippen LogP contribution in [0.3, 0.4) is 0 Å². The molecule has 4 fully saturated rings. The lowest BCUT2D eigenvalue weighted by Crippen LogP contribution is -2.47. The molecule has 0 aromatic heterocycles. The molecule has 0 atom stereocenters. The molecule has 4 rings (SSSR count). The number of rotatable bonds is 2. The SMILES string of the molecule is COC(=O)C12CCC(C3CC3)(CC1)CC2. The topological polar surface area (TPSA) is 26.3 Å². The lowest BCUT2D eigenvalue weighted by Gasteiger charge is -2.52. The summed E-state index contributed by atoms with van der Waals surface area (Å²) in [6, 6.07) is 0. The fourth-order valence-electron chi connectivity index (χ4n) is 4.05. The average molecular weight is 208 g/mol. The minimum absolute atomic E-state index is 0.0617. The van der Waals surface area contributed by atoms with Crippen LogP contribution in [-0.4, -0.2) is 13.1 Å². The van der Waals surface area contributed by atoms with Gasteiger partial charge >= 0.3 is 5.97 Å². The molecule has 0 aromatic carbocycles. The van der Waals surface area contributed by atoms with Crippen LogP contribution in [0.1, 0.15) is 51.4 Å². The Balaban J connectivity index is 1.78. The summed E-state index contributed by atoms with van der Waals surface area (Å²) in [4.78, 5) is 11.8. The first kappa shape index (κ1) is 9.68. The van der Waals surface area contributed by atoms with E-state index in [2.05, 4.69) is 0 Å². The third-order valence-corrected chi connectivity index (χ3v) is 5.37. The third-order valence-electron chi connectivity index (χ3n) is 5.37. The molecular formula is C13H20O2. The predicted octanol–water partition coefficient (Wildman–Crippen LogP) is 2.91. The molecule has 2 heteroatoms. The van der Waals surface area contributed by atoms with Crippen LogP contribution < -0.4 is 0 Å². The summed E-state index contributed by atoms with van der Waals surface area (Å²) in [5, 5.41) is 0.